The van der Waals surface area contributed by atoms with Gasteiger partial charge in [0.15, 0.2) is 9.84 Å². The highest BCUT2D eigenvalue weighted by Gasteiger charge is 2.32. The summed E-state index contributed by atoms with van der Waals surface area (Å²) in [7, 11) is -1.00. The normalized spacial score (nSPS) is 20.9. The second-order valence-corrected chi connectivity index (χ2v) is 11.9. The molecule has 1 aliphatic carbocycles. The van der Waals surface area contributed by atoms with Crippen molar-refractivity contribution < 1.29 is 13.2 Å². The Morgan fingerprint density at radius 1 is 1.09 bits per heavy atom. The van der Waals surface area contributed by atoms with Crippen LogP contribution in [0.25, 0.3) is 0 Å². The minimum absolute atomic E-state index is 0.0886. The summed E-state index contributed by atoms with van der Waals surface area (Å²) in [5.41, 5.74) is 3.97. The van der Waals surface area contributed by atoms with Gasteiger partial charge in [-0.3, -0.25) is 14.4 Å². The number of aryl methyl sites for hydroxylation is 1. The van der Waals surface area contributed by atoms with Crippen LogP contribution in [0.15, 0.2) is 30.3 Å². The van der Waals surface area contributed by atoms with Crippen molar-refractivity contribution in [3.8, 4) is 0 Å². The standard InChI is InChI=1S/C25H36N4O3S/c1-19-24(20(2)29(26-19)23-14-15-33(31,32)18-23)16-27(3)17-25(30)28(21-10-6-4-7-11-21)22-12-8-5-9-13-22/h4,6-7,10-11,22-23H,5,8-9,12-18H2,1-3H3/t23-/m1/s1. The molecule has 4 rings (SSSR count). The van der Waals surface area contributed by atoms with Crippen LogP contribution in [0.5, 0.6) is 0 Å². The Bertz CT molecular complexity index is 1070. The van der Waals surface area contributed by atoms with Crippen molar-refractivity contribution in [2.24, 2.45) is 0 Å². The van der Waals surface area contributed by atoms with E-state index in [0.29, 0.717) is 19.5 Å². The van der Waals surface area contributed by atoms with Crippen molar-refractivity contribution in [1.82, 2.24) is 14.7 Å². The van der Waals surface area contributed by atoms with Crippen LogP contribution < -0.4 is 4.90 Å². The molecule has 7 nitrogen and oxygen atoms in total. The minimum atomic E-state index is -2.97. The van der Waals surface area contributed by atoms with Gasteiger partial charge in [0, 0.05) is 29.5 Å². The first-order chi connectivity index (χ1) is 15.7. The zero-order chi connectivity index (χ0) is 23.6. The maximum absolute atomic E-state index is 13.5. The van der Waals surface area contributed by atoms with Crippen LogP contribution in [0, 0.1) is 13.8 Å². The lowest BCUT2D eigenvalue weighted by atomic mass is 9.93. The van der Waals surface area contributed by atoms with Gasteiger partial charge in [-0.1, -0.05) is 37.5 Å². The van der Waals surface area contributed by atoms with Gasteiger partial charge < -0.3 is 4.90 Å². The molecule has 8 heteroatoms. The molecule has 1 atom stereocenters. The molecule has 0 N–H and O–H groups in total. The lowest BCUT2D eigenvalue weighted by Crippen LogP contribution is -2.46. The molecular weight excluding hydrogens is 436 g/mol. The van der Waals surface area contributed by atoms with Crippen LogP contribution in [0.4, 0.5) is 5.69 Å². The summed E-state index contributed by atoms with van der Waals surface area (Å²) in [5.74, 6) is 0.520. The van der Waals surface area contributed by atoms with E-state index in [-0.39, 0.29) is 29.5 Å². The molecule has 2 aliphatic rings. The predicted octanol–water partition coefficient (Wildman–Crippen LogP) is 3.66. The van der Waals surface area contributed by atoms with Gasteiger partial charge in [0.05, 0.1) is 29.8 Å². The molecule has 2 heterocycles. The third-order valence-electron chi connectivity index (χ3n) is 7.11. The minimum Gasteiger partial charge on any atom is -0.308 e. The van der Waals surface area contributed by atoms with Gasteiger partial charge in [0.25, 0.3) is 0 Å². The lowest BCUT2D eigenvalue weighted by molar-refractivity contribution is -0.120. The SMILES string of the molecule is Cc1nn([C@@H]2CCS(=O)(=O)C2)c(C)c1CN(C)CC(=O)N(c1ccccc1)C1CCCCC1. The monoisotopic (exact) mass is 472 g/mol. The fraction of sp³-hybridized carbons (Fsp3) is 0.600. The quantitative estimate of drug-likeness (QED) is 0.615. The smallest absolute Gasteiger partial charge is 0.241 e. The molecule has 1 aliphatic heterocycles. The molecule has 2 fully saturated rings. The molecule has 1 aromatic carbocycles. The van der Waals surface area contributed by atoms with Gasteiger partial charge in [-0.2, -0.15) is 5.10 Å². The molecule has 1 amide bonds. The average molecular weight is 473 g/mol. The van der Waals surface area contributed by atoms with Crippen molar-refractivity contribution in [1.29, 1.82) is 0 Å². The largest absolute Gasteiger partial charge is 0.308 e. The number of rotatable bonds is 7. The molecule has 0 spiro atoms. The molecule has 2 aromatic rings. The van der Waals surface area contributed by atoms with E-state index >= 15 is 0 Å². The van der Waals surface area contributed by atoms with E-state index < -0.39 is 9.84 Å². The number of benzene rings is 1. The van der Waals surface area contributed by atoms with Gasteiger partial charge in [0.1, 0.15) is 0 Å². The maximum Gasteiger partial charge on any atom is 0.241 e. The van der Waals surface area contributed by atoms with Crippen molar-refractivity contribution in [3.05, 3.63) is 47.3 Å². The number of aromatic nitrogens is 2. The number of para-hydroxylation sites is 1. The van der Waals surface area contributed by atoms with Crippen LogP contribution in [0.2, 0.25) is 0 Å². The maximum atomic E-state index is 13.5. The number of carbonyl (C=O) groups excluding carboxylic acids is 1. The predicted molar refractivity (Wildman–Crippen MR) is 131 cm³/mol. The summed E-state index contributed by atoms with van der Waals surface area (Å²) in [6.45, 7) is 4.91. The topological polar surface area (TPSA) is 75.5 Å². The summed E-state index contributed by atoms with van der Waals surface area (Å²) in [4.78, 5) is 17.6. The van der Waals surface area contributed by atoms with Crippen LogP contribution in [0.1, 0.15) is 61.5 Å². The van der Waals surface area contributed by atoms with E-state index in [9.17, 15) is 13.2 Å². The highest BCUT2D eigenvalue weighted by atomic mass is 32.2. The number of nitrogens with zero attached hydrogens (tertiary/aromatic N) is 4. The Kier molecular flexibility index (Phi) is 7.24. The number of likely N-dealkylation sites (N-methyl/N-ethyl adjacent to an activating group) is 1. The van der Waals surface area contributed by atoms with Gasteiger partial charge in [-0.15, -0.1) is 0 Å². The number of amides is 1. The van der Waals surface area contributed by atoms with Gasteiger partial charge in [-0.05, 0) is 52.3 Å². The van der Waals surface area contributed by atoms with Crippen molar-refractivity contribution >= 4 is 21.4 Å². The zero-order valence-electron chi connectivity index (χ0n) is 20.0. The van der Waals surface area contributed by atoms with E-state index in [1.54, 1.807) is 0 Å². The lowest BCUT2D eigenvalue weighted by Gasteiger charge is -2.35. The summed E-state index contributed by atoms with van der Waals surface area (Å²) in [6, 6.07) is 10.2. The fourth-order valence-corrected chi connectivity index (χ4v) is 7.06. The summed E-state index contributed by atoms with van der Waals surface area (Å²) >= 11 is 0. The van der Waals surface area contributed by atoms with Crippen molar-refractivity contribution in [3.63, 3.8) is 0 Å². The van der Waals surface area contributed by atoms with Gasteiger partial charge >= 0.3 is 0 Å². The van der Waals surface area contributed by atoms with Crippen molar-refractivity contribution in [2.75, 3.05) is 30.0 Å². The molecule has 1 saturated carbocycles. The highest BCUT2D eigenvalue weighted by Crippen LogP contribution is 2.29. The van der Waals surface area contributed by atoms with Crippen LogP contribution in [-0.2, 0) is 21.2 Å². The van der Waals surface area contributed by atoms with Crippen LogP contribution in [0.3, 0.4) is 0 Å². The van der Waals surface area contributed by atoms with Crippen LogP contribution >= 0.6 is 0 Å². The molecule has 0 unspecified atom stereocenters. The average Bonchev–Trinajstić information content (AvgIpc) is 3.28. The Hall–Kier alpha value is -2.19. The zero-order valence-corrected chi connectivity index (χ0v) is 20.9. The first-order valence-corrected chi connectivity index (χ1v) is 13.9. The first kappa shape index (κ1) is 24.0. The number of sulfone groups is 1. The second-order valence-electron chi connectivity index (χ2n) is 9.71. The van der Waals surface area contributed by atoms with E-state index in [1.165, 1.54) is 19.3 Å². The van der Waals surface area contributed by atoms with E-state index in [0.717, 1.165) is 35.5 Å². The summed E-state index contributed by atoms with van der Waals surface area (Å²) < 4.78 is 25.8. The number of hydrogen-bond donors (Lipinski definition) is 0. The summed E-state index contributed by atoms with van der Waals surface area (Å²) in [5, 5.41) is 4.68. The third kappa shape index (κ3) is 5.49. The van der Waals surface area contributed by atoms with E-state index in [4.69, 9.17) is 0 Å². The molecule has 1 saturated heterocycles. The van der Waals surface area contributed by atoms with Crippen molar-refractivity contribution in [2.45, 2.75) is 71.0 Å². The molecule has 0 bridgehead atoms. The third-order valence-corrected chi connectivity index (χ3v) is 8.86. The fourth-order valence-electron chi connectivity index (χ4n) is 5.37. The summed E-state index contributed by atoms with van der Waals surface area (Å²) in [6.07, 6.45) is 6.32. The molecule has 1 aromatic heterocycles. The van der Waals surface area contributed by atoms with E-state index in [2.05, 4.69) is 5.10 Å². The molecule has 0 radical (unpaired) electrons. The van der Waals surface area contributed by atoms with E-state index in [1.807, 2.05) is 65.7 Å². The molecule has 180 valence electrons. The van der Waals surface area contributed by atoms with Gasteiger partial charge in [-0.25, -0.2) is 8.42 Å². The Morgan fingerprint density at radius 3 is 2.42 bits per heavy atom. The van der Waals surface area contributed by atoms with Crippen LogP contribution in [-0.4, -0.2) is 60.1 Å². The second kappa shape index (κ2) is 9.97. The number of anilines is 1. The Balaban J connectivity index is 1.47. The number of hydrogen-bond acceptors (Lipinski definition) is 5. The Morgan fingerprint density at radius 2 is 1.79 bits per heavy atom. The Labute approximate surface area is 197 Å². The molecule has 33 heavy (non-hydrogen) atoms. The highest BCUT2D eigenvalue weighted by molar-refractivity contribution is 7.91. The van der Waals surface area contributed by atoms with Gasteiger partial charge in [0.2, 0.25) is 5.91 Å². The molecular formula is C25H36N4O3S. The number of carbonyl (C=O) groups is 1. The first-order valence-electron chi connectivity index (χ1n) is 12.1.